The zero-order valence-electron chi connectivity index (χ0n) is 13.5. The maximum absolute atomic E-state index is 6.26. The predicted molar refractivity (Wildman–Crippen MR) is 99.6 cm³/mol. The molecule has 0 N–H and O–H groups in total. The van der Waals surface area contributed by atoms with Gasteiger partial charge in [-0.2, -0.15) is 5.10 Å². The quantitative estimate of drug-likeness (QED) is 0.691. The summed E-state index contributed by atoms with van der Waals surface area (Å²) < 4.78 is 0. The van der Waals surface area contributed by atoms with E-state index < -0.39 is 0 Å². The van der Waals surface area contributed by atoms with E-state index in [4.69, 9.17) is 11.6 Å². The molecule has 4 rings (SSSR count). The molecular formula is C20H20ClN3. The molecule has 1 aliphatic rings. The third kappa shape index (κ3) is 3.09. The molecule has 0 atom stereocenters. The Morgan fingerprint density at radius 2 is 1.79 bits per heavy atom. The highest BCUT2D eigenvalue weighted by atomic mass is 35.5. The van der Waals surface area contributed by atoms with Crippen LogP contribution in [0.3, 0.4) is 0 Å². The van der Waals surface area contributed by atoms with E-state index in [1.807, 2.05) is 18.3 Å². The molecule has 0 radical (unpaired) electrons. The van der Waals surface area contributed by atoms with Crippen molar-refractivity contribution in [3.63, 3.8) is 0 Å². The van der Waals surface area contributed by atoms with Crippen molar-refractivity contribution < 1.29 is 0 Å². The summed E-state index contributed by atoms with van der Waals surface area (Å²) in [7, 11) is 0. The van der Waals surface area contributed by atoms with Crippen LogP contribution in [0.25, 0.3) is 10.9 Å². The van der Waals surface area contributed by atoms with Crippen LogP contribution in [0, 0.1) is 5.92 Å². The van der Waals surface area contributed by atoms with Gasteiger partial charge in [0, 0.05) is 18.5 Å². The van der Waals surface area contributed by atoms with Crippen LogP contribution >= 0.6 is 11.6 Å². The highest BCUT2D eigenvalue weighted by molar-refractivity contribution is 6.35. The Balaban J connectivity index is 1.49. The van der Waals surface area contributed by atoms with Gasteiger partial charge in [-0.3, -0.25) is 0 Å². The molecule has 2 aromatic carbocycles. The molecular weight excluding hydrogens is 318 g/mol. The number of aromatic nitrogens is 2. The topological polar surface area (TPSA) is 29.0 Å². The number of benzene rings is 2. The molecule has 0 saturated carbocycles. The van der Waals surface area contributed by atoms with Crippen LogP contribution in [-0.2, 0) is 6.42 Å². The van der Waals surface area contributed by atoms with Gasteiger partial charge in [-0.25, -0.2) is 0 Å². The molecule has 24 heavy (non-hydrogen) atoms. The Kier molecular flexibility index (Phi) is 4.35. The lowest BCUT2D eigenvalue weighted by atomic mass is 9.90. The van der Waals surface area contributed by atoms with Crippen LogP contribution < -0.4 is 4.90 Å². The SMILES string of the molecule is Clc1cccc2c(N3CCC(Cc4ccccc4)CC3)cnnc12. The molecule has 4 heteroatoms. The second-order valence-corrected chi connectivity index (χ2v) is 6.89. The number of piperidine rings is 1. The Bertz CT molecular complexity index is 827. The van der Waals surface area contributed by atoms with E-state index in [2.05, 4.69) is 51.5 Å². The zero-order chi connectivity index (χ0) is 16.4. The fraction of sp³-hybridized carbons (Fsp3) is 0.300. The highest BCUT2D eigenvalue weighted by Gasteiger charge is 2.21. The third-order valence-electron chi connectivity index (χ3n) is 4.92. The summed E-state index contributed by atoms with van der Waals surface area (Å²) >= 11 is 6.26. The summed E-state index contributed by atoms with van der Waals surface area (Å²) in [6, 6.07) is 16.7. The maximum atomic E-state index is 6.26. The second kappa shape index (κ2) is 6.78. The van der Waals surface area contributed by atoms with E-state index in [-0.39, 0.29) is 0 Å². The number of rotatable bonds is 3. The fourth-order valence-electron chi connectivity index (χ4n) is 3.61. The molecule has 0 amide bonds. The molecule has 0 bridgehead atoms. The van der Waals surface area contributed by atoms with E-state index in [1.54, 1.807) is 0 Å². The van der Waals surface area contributed by atoms with Crippen molar-refractivity contribution in [3.8, 4) is 0 Å². The first-order valence-electron chi connectivity index (χ1n) is 8.50. The van der Waals surface area contributed by atoms with Gasteiger partial charge in [0.25, 0.3) is 0 Å². The molecule has 1 fully saturated rings. The van der Waals surface area contributed by atoms with Crippen molar-refractivity contribution >= 4 is 28.2 Å². The van der Waals surface area contributed by atoms with Crippen LogP contribution in [0.5, 0.6) is 0 Å². The van der Waals surface area contributed by atoms with Crippen LogP contribution in [0.4, 0.5) is 5.69 Å². The molecule has 122 valence electrons. The van der Waals surface area contributed by atoms with Crippen LogP contribution in [0.1, 0.15) is 18.4 Å². The van der Waals surface area contributed by atoms with E-state index in [0.717, 1.165) is 35.6 Å². The fourth-order valence-corrected chi connectivity index (χ4v) is 3.82. The van der Waals surface area contributed by atoms with Crippen molar-refractivity contribution in [2.45, 2.75) is 19.3 Å². The van der Waals surface area contributed by atoms with E-state index in [9.17, 15) is 0 Å². The zero-order valence-corrected chi connectivity index (χ0v) is 14.3. The van der Waals surface area contributed by atoms with Gasteiger partial charge in [0.2, 0.25) is 0 Å². The Morgan fingerprint density at radius 3 is 2.58 bits per heavy atom. The molecule has 1 aliphatic heterocycles. The second-order valence-electron chi connectivity index (χ2n) is 6.49. The van der Waals surface area contributed by atoms with E-state index in [1.165, 1.54) is 24.8 Å². The molecule has 0 spiro atoms. The Labute approximate surface area is 147 Å². The monoisotopic (exact) mass is 337 g/mol. The molecule has 1 aromatic heterocycles. The first kappa shape index (κ1) is 15.4. The average Bonchev–Trinajstić information content (AvgIpc) is 2.63. The van der Waals surface area contributed by atoms with E-state index >= 15 is 0 Å². The Morgan fingerprint density at radius 1 is 1.00 bits per heavy atom. The molecule has 2 heterocycles. The summed E-state index contributed by atoms with van der Waals surface area (Å²) in [5, 5.41) is 10.1. The maximum Gasteiger partial charge on any atom is 0.114 e. The summed E-state index contributed by atoms with van der Waals surface area (Å²) in [5.41, 5.74) is 3.39. The standard InChI is InChI=1S/C20H20ClN3/c21-18-8-4-7-17-19(14-22-23-20(17)18)24-11-9-16(10-12-24)13-15-5-2-1-3-6-15/h1-8,14,16H,9-13H2. The Hall–Kier alpha value is -2.13. The van der Waals surface area contributed by atoms with Crippen molar-refractivity contribution in [2.24, 2.45) is 5.92 Å². The summed E-state index contributed by atoms with van der Waals surface area (Å²) in [5.74, 6) is 0.758. The minimum atomic E-state index is 0.667. The van der Waals surface area contributed by atoms with Crippen molar-refractivity contribution in [1.82, 2.24) is 10.2 Å². The summed E-state index contributed by atoms with van der Waals surface area (Å²) in [6.45, 7) is 2.12. The lowest BCUT2D eigenvalue weighted by Crippen LogP contribution is -2.34. The van der Waals surface area contributed by atoms with Gasteiger partial charge in [0.1, 0.15) is 5.52 Å². The highest BCUT2D eigenvalue weighted by Crippen LogP contribution is 2.32. The number of nitrogens with zero attached hydrogens (tertiary/aromatic N) is 3. The number of hydrogen-bond acceptors (Lipinski definition) is 3. The molecule has 1 saturated heterocycles. The average molecular weight is 338 g/mol. The largest absolute Gasteiger partial charge is 0.370 e. The lowest BCUT2D eigenvalue weighted by molar-refractivity contribution is 0.404. The molecule has 0 aliphatic carbocycles. The molecule has 3 nitrogen and oxygen atoms in total. The van der Waals surface area contributed by atoms with Crippen LogP contribution in [0.15, 0.2) is 54.7 Å². The van der Waals surface area contributed by atoms with Gasteiger partial charge >= 0.3 is 0 Å². The van der Waals surface area contributed by atoms with Gasteiger partial charge in [0.05, 0.1) is 16.9 Å². The van der Waals surface area contributed by atoms with Gasteiger partial charge in [-0.05, 0) is 36.8 Å². The number of fused-ring (bicyclic) bond motifs is 1. The number of halogens is 1. The molecule has 3 aromatic rings. The first-order valence-corrected chi connectivity index (χ1v) is 8.88. The van der Waals surface area contributed by atoms with Crippen LogP contribution in [-0.4, -0.2) is 23.3 Å². The van der Waals surface area contributed by atoms with Gasteiger partial charge in [0.15, 0.2) is 0 Å². The van der Waals surface area contributed by atoms with Gasteiger partial charge in [-0.15, -0.1) is 5.10 Å². The summed E-state index contributed by atoms with van der Waals surface area (Å²) in [4.78, 5) is 2.43. The normalized spacial score (nSPS) is 15.8. The van der Waals surface area contributed by atoms with Gasteiger partial charge in [-0.1, -0.05) is 54.1 Å². The van der Waals surface area contributed by atoms with Crippen molar-refractivity contribution in [2.75, 3.05) is 18.0 Å². The first-order chi connectivity index (χ1) is 11.8. The third-order valence-corrected chi connectivity index (χ3v) is 5.23. The minimum absolute atomic E-state index is 0.667. The lowest BCUT2D eigenvalue weighted by Gasteiger charge is -2.34. The van der Waals surface area contributed by atoms with E-state index in [0.29, 0.717) is 5.02 Å². The van der Waals surface area contributed by atoms with Gasteiger partial charge < -0.3 is 4.90 Å². The van der Waals surface area contributed by atoms with Crippen molar-refractivity contribution in [3.05, 3.63) is 65.3 Å². The van der Waals surface area contributed by atoms with Crippen LogP contribution in [0.2, 0.25) is 5.02 Å². The number of anilines is 1. The summed E-state index contributed by atoms with van der Waals surface area (Å²) in [6.07, 6.45) is 5.46. The minimum Gasteiger partial charge on any atom is -0.370 e. The van der Waals surface area contributed by atoms with Crippen molar-refractivity contribution in [1.29, 1.82) is 0 Å². The molecule has 0 unspecified atom stereocenters. The predicted octanol–water partition coefficient (Wildman–Crippen LogP) is 4.74. The smallest absolute Gasteiger partial charge is 0.114 e. The number of hydrogen-bond donors (Lipinski definition) is 0.